The Hall–Kier alpha value is -1.15. The first kappa shape index (κ1) is 15.7. The Morgan fingerprint density at radius 2 is 1.91 bits per heavy atom. The van der Waals surface area contributed by atoms with Gasteiger partial charge < -0.3 is 0 Å². The number of hydrogen-bond donors (Lipinski definition) is 0. The van der Waals surface area contributed by atoms with E-state index in [-0.39, 0.29) is 16.0 Å². The van der Waals surface area contributed by atoms with E-state index < -0.39 is 10.0 Å². The zero-order valence-electron chi connectivity index (χ0n) is 11.6. The monoisotopic (exact) mass is 360 g/mol. The normalized spacial score (nSPS) is 17.7. The van der Waals surface area contributed by atoms with E-state index in [0.29, 0.717) is 31.0 Å². The van der Waals surface area contributed by atoms with Crippen LogP contribution in [0.15, 0.2) is 35.5 Å². The molecule has 9 heteroatoms. The fraction of sp³-hybridized carbons (Fsp3) is 0.385. The predicted octanol–water partition coefficient (Wildman–Crippen LogP) is 2.61. The molecule has 0 saturated carbocycles. The van der Waals surface area contributed by atoms with Crippen LogP contribution in [0.1, 0.15) is 18.9 Å². The van der Waals surface area contributed by atoms with Gasteiger partial charge in [-0.15, -0.1) is 5.10 Å². The first-order chi connectivity index (χ1) is 10.5. The maximum Gasteiger partial charge on any atom is 0.244 e. The second-order valence-electron chi connectivity index (χ2n) is 5.09. The maximum atomic E-state index is 12.7. The smallest absolute Gasteiger partial charge is 0.244 e. The quantitative estimate of drug-likeness (QED) is 0.843. The van der Waals surface area contributed by atoms with Gasteiger partial charge in [0.2, 0.25) is 10.0 Å². The number of hydrogen-bond acceptors (Lipinski definition) is 4. The second-order valence-corrected chi connectivity index (χ2v) is 7.84. The largest absolute Gasteiger partial charge is 0.249 e. The number of halogens is 2. The van der Waals surface area contributed by atoms with E-state index in [1.54, 1.807) is 23.1 Å². The van der Waals surface area contributed by atoms with Crippen molar-refractivity contribution in [3.05, 3.63) is 40.6 Å². The fourth-order valence-electron chi connectivity index (χ4n) is 2.57. The highest BCUT2D eigenvalue weighted by molar-refractivity contribution is 7.89. The first-order valence-electron chi connectivity index (χ1n) is 6.79. The molecular formula is C13H14Cl2N4O2S. The van der Waals surface area contributed by atoms with Gasteiger partial charge in [0, 0.05) is 24.3 Å². The van der Waals surface area contributed by atoms with Crippen molar-refractivity contribution in [2.75, 3.05) is 13.1 Å². The third-order valence-electron chi connectivity index (χ3n) is 3.75. The predicted molar refractivity (Wildman–Crippen MR) is 83.5 cm³/mol. The minimum Gasteiger partial charge on any atom is -0.249 e. The summed E-state index contributed by atoms with van der Waals surface area (Å²) < 4.78 is 28.6. The molecule has 0 unspecified atom stereocenters. The summed E-state index contributed by atoms with van der Waals surface area (Å²) in [5.41, 5.74) is 0. The minimum atomic E-state index is -3.64. The van der Waals surface area contributed by atoms with E-state index in [2.05, 4.69) is 10.3 Å². The van der Waals surface area contributed by atoms with Crippen molar-refractivity contribution in [2.45, 2.75) is 23.8 Å². The van der Waals surface area contributed by atoms with E-state index in [9.17, 15) is 8.42 Å². The number of aromatic nitrogens is 3. The van der Waals surface area contributed by atoms with Crippen molar-refractivity contribution in [1.29, 1.82) is 0 Å². The van der Waals surface area contributed by atoms with E-state index in [1.165, 1.54) is 16.4 Å². The summed E-state index contributed by atoms with van der Waals surface area (Å²) in [4.78, 5) is 0.0564. The molecular weight excluding hydrogens is 347 g/mol. The number of sulfonamides is 1. The molecule has 1 aliphatic rings. The van der Waals surface area contributed by atoms with Crippen molar-refractivity contribution in [1.82, 2.24) is 19.3 Å². The summed E-state index contributed by atoms with van der Waals surface area (Å²) in [5.74, 6) is 0. The van der Waals surface area contributed by atoms with Crippen molar-refractivity contribution in [3.8, 4) is 0 Å². The molecule has 0 aliphatic carbocycles. The lowest BCUT2D eigenvalue weighted by Gasteiger charge is -2.31. The van der Waals surface area contributed by atoms with Gasteiger partial charge in [-0.2, -0.15) is 4.31 Å². The van der Waals surface area contributed by atoms with Gasteiger partial charge in [0.15, 0.2) is 0 Å². The van der Waals surface area contributed by atoms with Crippen LogP contribution in [-0.2, 0) is 10.0 Å². The molecule has 1 aliphatic heterocycles. The van der Waals surface area contributed by atoms with Crippen LogP contribution in [0.5, 0.6) is 0 Å². The molecule has 118 valence electrons. The molecule has 0 amide bonds. The average molecular weight is 361 g/mol. The molecule has 1 aromatic heterocycles. The minimum absolute atomic E-state index is 0.0564. The Balaban J connectivity index is 1.79. The number of benzene rings is 1. The molecule has 1 fully saturated rings. The highest BCUT2D eigenvalue weighted by Gasteiger charge is 2.31. The highest BCUT2D eigenvalue weighted by Crippen LogP contribution is 2.31. The zero-order valence-corrected chi connectivity index (χ0v) is 13.9. The Morgan fingerprint density at radius 1 is 1.18 bits per heavy atom. The van der Waals surface area contributed by atoms with Crippen molar-refractivity contribution in [3.63, 3.8) is 0 Å². The van der Waals surface area contributed by atoms with Gasteiger partial charge in [0.1, 0.15) is 4.90 Å². The van der Waals surface area contributed by atoms with Gasteiger partial charge in [-0.1, -0.05) is 28.4 Å². The molecule has 6 nitrogen and oxygen atoms in total. The Kier molecular flexibility index (Phi) is 4.40. The molecule has 1 saturated heterocycles. The van der Waals surface area contributed by atoms with Gasteiger partial charge in [-0.05, 0) is 31.0 Å². The van der Waals surface area contributed by atoms with Crippen LogP contribution in [0.4, 0.5) is 0 Å². The molecule has 22 heavy (non-hydrogen) atoms. The first-order valence-corrected chi connectivity index (χ1v) is 8.99. The summed E-state index contributed by atoms with van der Waals surface area (Å²) in [6, 6.07) is 4.63. The molecule has 3 rings (SSSR count). The second kappa shape index (κ2) is 6.16. The molecule has 0 spiro atoms. The molecule has 1 aromatic carbocycles. The van der Waals surface area contributed by atoms with Crippen LogP contribution in [0.25, 0.3) is 0 Å². The molecule has 0 radical (unpaired) electrons. The zero-order chi connectivity index (χ0) is 15.7. The molecule has 2 heterocycles. The highest BCUT2D eigenvalue weighted by atomic mass is 35.5. The van der Waals surface area contributed by atoms with Gasteiger partial charge in [-0.25, -0.2) is 13.1 Å². The lowest BCUT2D eigenvalue weighted by Crippen LogP contribution is -2.39. The molecule has 0 atom stereocenters. The molecule has 2 aromatic rings. The van der Waals surface area contributed by atoms with Gasteiger partial charge in [0.05, 0.1) is 17.3 Å². The Bertz CT molecular complexity index is 756. The molecule has 0 N–H and O–H groups in total. The van der Waals surface area contributed by atoms with Crippen LogP contribution in [0, 0.1) is 0 Å². The summed E-state index contributed by atoms with van der Waals surface area (Å²) >= 11 is 11.9. The lowest BCUT2D eigenvalue weighted by molar-refractivity contribution is 0.258. The van der Waals surface area contributed by atoms with E-state index in [1.807, 2.05) is 0 Å². The van der Waals surface area contributed by atoms with Gasteiger partial charge in [-0.3, -0.25) is 0 Å². The molecule has 0 bridgehead atoms. The van der Waals surface area contributed by atoms with Crippen molar-refractivity contribution in [2.24, 2.45) is 0 Å². The van der Waals surface area contributed by atoms with Crippen molar-refractivity contribution >= 4 is 33.2 Å². The Labute approximate surface area is 138 Å². The lowest BCUT2D eigenvalue weighted by atomic mass is 10.1. The average Bonchev–Trinajstić information content (AvgIpc) is 3.04. The van der Waals surface area contributed by atoms with Crippen molar-refractivity contribution < 1.29 is 8.42 Å². The number of rotatable bonds is 3. The topological polar surface area (TPSA) is 68.1 Å². The summed E-state index contributed by atoms with van der Waals surface area (Å²) in [7, 11) is -3.64. The Morgan fingerprint density at radius 3 is 2.55 bits per heavy atom. The van der Waals surface area contributed by atoms with Crippen LogP contribution in [-0.4, -0.2) is 40.8 Å². The SMILES string of the molecule is O=S(=O)(c1cc(Cl)ccc1Cl)N1CCC(n2ccnn2)CC1. The summed E-state index contributed by atoms with van der Waals surface area (Å²) in [6.45, 7) is 0.825. The van der Waals surface area contributed by atoms with Crippen LogP contribution in [0.2, 0.25) is 10.0 Å². The number of piperidine rings is 1. The van der Waals surface area contributed by atoms with Gasteiger partial charge >= 0.3 is 0 Å². The van der Waals surface area contributed by atoms with Gasteiger partial charge in [0.25, 0.3) is 0 Å². The van der Waals surface area contributed by atoms with E-state index in [0.717, 1.165) is 0 Å². The summed E-state index contributed by atoms with van der Waals surface area (Å²) in [6.07, 6.45) is 4.78. The third-order valence-corrected chi connectivity index (χ3v) is 6.36. The van der Waals surface area contributed by atoms with Crippen LogP contribution in [0.3, 0.4) is 0 Å². The maximum absolute atomic E-state index is 12.7. The van der Waals surface area contributed by atoms with E-state index in [4.69, 9.17) is 23.2 Å². The van der Waals surface area contributed by atoms with E-state index >= 15 is 0 Å². The third kappa shape index (κ3) is 2.99. The fourth-order valence-corrected chi connectivity index (χ4v) is 4.78. The van der Waals surface area contributed by atoms with Crippen LogP contribution < -0.4 is 0 Å². The summed E-state index contributed by atoms with van der Waals surface area (Å²) in [5, 5.41) is 8.28. The standard InChI is InChI=1S/C13H14Cl2N4O2S/c14-10-1-2-12(15)13(9-10)22(20,21)18-6-3-11(4-7-18)19-8-5-16-17-19/h1-2,5,8-9,11H,3-4,6-7H2. The van der Waals surface area contributed by atoms with Crippen LogP contribution >= 0.6 is 23.2 Å². The number of nitrogens with zero attached hydrogens (tertiary/aromatic N) is 4.